The predicted molar refractivity (Wildman–Crippen MR) is 131 cm³/mol. The van der Waals surface area contributed by atoms with Crippen LogP contribution in [-0.4, -0.2) is 33.1 Å². The molecule has 0 bridgehead atoms. The molecule has 1 N–H and O–H groups in total. The number of hydrogen-bond donors (Lipinski definition) is 1. The van der Waals surface area contributed by atoms with Gasteiger partial charge in [-0.1, -0.05) is 42.5 Å². The number of rotatable bonds is 7. The number of carbonyl (C=O) groups is 2. The predicted octanol–water partition coefficient (Wildman–Crippen LogP) is 4.73. The van der Waals surface area contributed by atoms with E-state index in [-0.39, 0.29) is 11.6 Å². The van der Waals surface area contributed by atoms with Crippen molar-refractivity contribution in [2.75, 3.05) is 31.5 Å². The fourth-order valence-electron chi connectivity index (χ4n) is 4.00. The summed E-state index contributed by atoms with van der Waals surface area (Å²) in [7, 11) is 4.55. The van der Waals surface area contributed by atoms with Gasteiger partial charge in [-0.15, -0.1) is 0 Å². The molecule has 0 fully saturated rings. The number of benzene rings is 3. The highest BCUT2D eigenvalue weighted by atomic mass is 16.5. The van der Waals surface area contributed by atoms with Gasteiger partial charge in [0.1, 0.15) is 5.70 Å². The molecule has 7 nitrogen and oxygen atoms in total. The Morgan fingerprint density at radius 1 is 0.765 bits per heavy atom. The van der Waals surface area contributed by atoms with Crippen LogP contribution >= 0.6 is 0 Å². The third-order valence-electron chi connectivity index (χ3n) is 5.69. The Labute approximate surface area is 198 Å². The average molecular weight is 459 g/mol. The standard InChI is InChI=1S/C27H26N2O5/c1-16-11-12-17(2)20(13-16)29-26(30)23(18-9-7-6-8-10-18)24(27(29)31)28-19-14-21(32-3)25(34-5)22(15-19)33-4/h6-15,28H,1-5H3. The first-order valence-corrected chi connectivity index (χ1v) is 10.7. The molecule has 1 aliphatic rings. The van der Waals surface area contributed by atoms with Crippen LogP contribution in [0, 0.1) is 13.8 Å². The van der Waals surface area contributed by atoms with Crippen molar-refractivity contribution < 1.29 is 23.8 Å². The van der Waals surface area contributed by atoms with E-state index in [1.165, 1.54) is 26.2 Å². The number of imide groups is 1. The van der Waals surface area contributed by atoms with E-state index in [2.05, 4.69) is 5.32 Å². The van der Waals surface area contributed by atoms with Crippen LogP contribution in [0.1, 0.15) is 16.7 Å². The number of nitrogens with one attached hydrogen (secondary N) is 1. The normalized spacial score (nSPS) is 13.4. The third kappa shape index (κ3) is 3.96. The van der Waals surface area contributed by atoms with E-state index in [0.29, 0.717) is 39.8 Å². The van der Waals surface area contributed by atoms with Gasteiger partial charge in [-0.2, -0.15) is 0 Å². The highest BCUT2D eigenvalue weighted by Gasteiger charge is 2.41. The van der Waals surface area contributed by atoms with E-state index in [4.69, 9.17) is 14.2 Å². The van der Waals surface area contributed by atoms with Crippen molar-refractivity contribution in [2.45, 2.75) is 13.8 Å². The van der Waals surface area contributed by atoms with Crippen molar-refractivity contribution in [3.05, 3.63) is 83.1 Å². The summed E-state index contributed by atoms with van der Waals surface area (Å²) < 4.78 is 16.3. The van der Waals surface area contributed by atoms with Gasteiger partial charge < -0.3 is 19.5 Å². The molecule has 174 valence electrons. The molecule has 0 radical (unpaired) electrons. The van der Waals surface area contributed by atoms with E-state index in [9.17, 15) is 9.59 Å². The van der Waals surface area contributed by atoms with Crippen LogP contribution in [0.4, 0.5) is 11.4 Å². The minimum absolute atomic E-state index is 0.173. The smallest absolute Gasteiger partial charge is 0.282 e. The molecule has 34 heavy (non-hydrogen) atoms. The van der Waals surface area contributed by atoms with Gasteiger partial charge in [0.15, 0.2) is 11.5 Å². The molecule has 0 atom stereocenters. The molecule has 2 amide bonds. The van der Waals surface area contributed by atoms with Crippen LogP contribution in [0.25, 0.3) is 5.57 Å². The molecule has 7 heteroatoms. The number of carbonyl (C=O) groups excluding carboxylic acids is 2. The lowest BCUT2D eigenvalue weighted by Crippen LogP contribution is -2.33. The summed E-state index contributed by atoms with van der Waals surface area (Å²) in [5, 5.41) is 3.16. The number of aryl methyl sites for hydroxylation is 2. The number of methoxy groups -OCH3 is 3. The molecule has 4 rings (SSSR count). The fourth-order valence-corrected chi connectivity index (χ4v) is 4.00. The first kappa shape index (κ1) is 22.9. The Hall–Kier alpha value is -4.26. The molecule has 0 saturated heterocycles. The molecular formula is C27H26N2O5. The van der Waals surface area contributed by atoms with Crippen LogP contribution in [0.5, 0.6) is 17.2 Å². The average Bonchev–Trinajstić information content (AvgIpc) is 3.09. The van der Waals surface area contributed by atoms with Gasteiger partial charge in [0.2, 0.25) is 5.75 Å². The molecule has 0 saturated carbocycles. The lowest BCUT2D eigenvalue weighted by atomic mass is 10.0. The maximum absolute atomic E-state index is 13.7. The van der Waals surface area contributed by atoms with E-state index < -0.39 is 5.91 Å². The van der Waals surface area contributed by atoms with Gasteiger partial charge >= 0.3 is 0 Å². The largest absolute Gasteiger partial charge is 0.493 e. The zero-order valence-corrected chi connectivity index (χ0v) is 19.8. The van der Waals surface area contributed by atoms with Gasteiger partial charge in [-0.25, -0.2) is 4.90 Å². The number of ether oxygens (including phenoxy) is 3. The quantitative estimate of drug-likeness (QED) is 0.516. The zero-order chi connectivity index (χ0) is 24.4. The second-order valence-electron chi connectivity index (χ2n) is 7.89. The van der Waals surface area contributed by atoms with Crippen LogP contribution in [0.3, 0.4) is 0 Å². The van der Waals surface area contributed by atoms with Crippen LogP contribution in [0.2, 0.25) is 0 Å². The third-order valence-corrected chi connectivity index (χ3v) is 5.69. The molecule has 0 aliphatic carbocycles. The first-order valence-electron chi connectivity index (χ1n) is 10.7. The summed E-state index contributed by atoms with van der Waals surface area (Å²) in [6.45, 7) is 3.80. The zero-order valence-electron chi connectivity index (χ0n) is 19.8. The van der Waals surface area contributed by atoms with Gasteiger partial charge in [0, 0.05) is 17.8 Å². The summed E-state index contributed by atoms with van der Waals surface area (Å²) in [5.41, 5.74) is 3.96. The van der Waals surface area contributed by atoms with Crippen molar-refractivity contribution in [3.63, 3.8) is 0 Å². The monoisotopic (exact) mass is 458 g/mol. The Morgan fingerprint density at radius 3 is 2.00 bits per heavy atom. The highest BCUT2D eigenvalue weighted by molar-refractivity contribution is 6.46. The highest BCUT2D eigenvalue weighted by Crippen LogP contribution is 2.42. The van der Waals surface area contributed by atoms with Crippen molar-refractivity contribution in [1.29, 1.82) is 0 Å². The molecule has 1 heterocycles. The second-order valence-corrected chi connectivity index (χ2v) is 7.89. The Morgan fingerprint density at radius 2 is 1.41 bits per heavy atom. The summed E-state index contributed by atoms with van der Waals surface area (Å²) in [5.74, 6) is 0.452. The Bertz CT molecular complexity index is 1270. The summed E-state index contributed by atoms with van der Waals surface area (Å²) in [6, 6.07) is 18.2. The van der Waals surface area contributed by atoms with Crippen molar-refractivity contribution in [2.24, 2.45) is 0 Å². The van der Waals surface area contributed by atoms with Gasteiger partial charge in [-0.3, -0.25) is 9.59 Å². The van der Waals surface area contributed by atoms with Crippen LogP contribution in [0.15, 0.2) is 66.4 Å². The summed E-state index contributed by atoms with van der Waals surface area (Å²) >= 11 is 0. The molecule has 3 aromatic carbocycles. The summed E-state index contributed by atoms with van der Waals surface area (Å²) in [4.78, 5) is 28.6. The molecule has 3 aromatic rings. The summed E-state index contributed by atoms with van der Waals surface area (Å²) in [6.07, 6.45) is 0. The number of amides is 2. The fraction of sp³-hybridized carbons (Fsp3) is 0.185. The molecule has 0 unspecified atom stereocenters. The lowest BCUT2D eigenvalue weighted by Gasteiger charge is -2.19. The van der Waals surface area contributed by atoms with Gasteiger partial charge in [-0.05, 0) is 36.6 Å². The van der Waals surface area contributed by atoms with Gasteiger partial charge in [0.25, 0.3) is 11.8 Å². The van der Waals surface area contributed by atoms with E-state index in [1.54, 1.807) is 12.1 Å². The minimum Gasteiger partial charge on any atom is -0.493 e. The SMILES string of the molecule is COc1cc(NC2=C(c3ccccc3)C(=O)N(c3cc(C)ccc3C)C2=O)cc(OC)c1OC. The van der Waals surface area contributed by atoms with Gasteiger partial charge in [0.05, 0.1) is 32.6 Å². The van der Waals surface area contributed by atoms with E-state index >= 15 is 0 Å². The first-order chi connectivity index (χ1) is 16.4. The Balaban J connectivity index is 1.86. The lowest BCUT2D eigenvalue weighted by molar-refractivity contribution is -0.120. The molecule has 0 spiro atoms. The number of anilines is 2. The van der Waals surface area contributed by atoms with Crippen molar-refractivity contribution in [3.8, 4) is 17.2 Å². The Kier molecular flexibility index (Phi) is 6.27. The second kappa shape index (κ2) is 9.31. The maximum atomic E-state index is 13.7. The minimum atomic E-state index is -0.439. The molecule has 1 aliphatic heterocycles. The van der Waals surface area contributed by atoms with Crippen LogP contribution in [-0.2, 0) is 9.59 Å². The van der Waals surface area contributed by atoms with E-state index in [1.807, 2.05) is 62.4 Å². The van der Waals surface area contributed by atoms with Crippen molar-refractivity contribution in [1.82, 2.24) is 0 Å². The number of hydrogen-bond acceptors (Lipinski definition) is 6. The maximum Gasteiger partial charge on any atom is 0.282 e. The molecule has 0 aromatic heterocycles. The van der Waals surface area contributed by atoms with E-state index in [0.717, 1.165) is 11.1 Å². The molecular weight excluding hydrogens is 432 g/mol. The number of nitrogens with zero attached hydrogens (tertiary/aromatic N) is 1. The van der Waals surface area contributed by atoms with Crippen LogP contribution < -0.4 is 24.4 Å². The topological polar surface area (TPSA) is 77.1 Å². The van der Waals surface area contributed by atoms with Crippen molar-refractivity contribution >= 4 is 28.8 Å².